The van der Waals surface area contributed by atoms with Gasteiger partial charge < -0.3 is 5.32 Å². The number of carbonyl (C=O) groups is 1. The van der Waals surface area contributed by atoms with Crippen LogP contribution in [0.4, 0.5) is 15.8 Å². The third-order valence-electron chi connectivity index (χ3n) is 3.28. The minimum absolute atomic E-state index is 0.0787. The first-order chi connectivity index (χ1) is 12.0. The molecule has 0 bridgehead atoms. The third-order valence-corrected chi connectivity index (χ3v) is 6.06. The highest BCUT2D eigenvalue weighted by Crippen LogP contribution is 2.21. The molecular weight excluding hydrogens is 363 g/mol. The van der Waals surface area contributed by atoms with Gasteiger partial charge in [0.05, 0.1) is 5.69 Å². The van der Waals surface area contributed by atoms with Gasteiger partial charge in [-0.25, -0.2) is 12.8 Å². The molecule has 0 spiro atoms. The van der Waals surface area contributed by atoms with Crippen LogP contribution < -0.4 is 10.0 Å². The second-order valence-corrected chi connectivity index (χ2v) is 7.91. The van der Waals surface area contributed by atoms with Gasteiger partial charge in [-0.1, -0.05) is 18.2 Å². The molecule has 0 aliphatic carbocycles. The number of thiophene rings is 1. The van der Waals surface area contributed by atoms with E-state index < -0.39 is 21.7 Å². The monoisotopic (exact) mass is 376 g/mol. The molecule has 2 N–H and O–H groups in total. The molecule has 8 heteroatoms. The van der Waals surface area contributed by atoms with Gasteiger partial charge in [-0.3, -0.25) is 9.52 Å². The lowest BCUT2D eigenvalue weighted by molar-refractivity contribution is 0.102. The van der Waals surface area contributed by atoms with Crippen LogP contribution in [0.15, 0.2) is 70.3 Å². The maximum atomic E-state index is 13.6. The van der Waals surface area contributed by atoms with E-state index in [0.29, 0.717) is 5.69 Å². The van der Waals surface area contributed by atoms with Crippen molar-refractivity contribution in [2.45, 2.75) is 4.21 Å². The number of rotatable bonds is 5. The Morgan fingerprint density at radius 2 is 1.68 bits per heavy atom. The lowest BCUT2D eigenvalue weighted by Crippen LogP contribution is -2.14. The maximum Gasteiger partial charge on any atom is 0.271 e. The molecule has 0 radical (unpaired) electrons. The van der Waals surface area contributed by atoms with E-state index in [1.165, 1.54) is 48.5 Å². The molecule has 0 aliphatic rings. The van der Waals surface area contributed by atoms with E-state index in [0.717, 1.165) is 11.3 Å². The molecule has 0 saturated carbocycles. The predicted octanol–water partition coefficient (Wildman–Crippen LogP) is 3.94. The Balaban J connectivity index is 1.72. The van der Waals surface area contributed by atoms with Crippen molar-refractivity contribution in [3.63, 3.8) is 0 Å². The molecule has 1 heterocycles. The zero-order valence-corrected chi connectivity index (χ0v) is 14.4. The van der Waals surface area contributed by atoms with Crippen molar-refractivity contribution in [2.75, 3.05) is 10.0 Å². The van der Waals surface area contributed by atoms with Crippen LogP contribution in [-0.2, 0) is 10.0 Å². The van der Waals surface area contributed by atoms with Gasteiger partial charge in [-0.15, -0.1) is 11.3 Å². The molecule has 0 fully saturated rings. The summed E-state index contributed by atoms with van der Waals surface area (Å²) in [5.74, 6) is -1.02. The summed E-state index contributed by atoms with van der Waals surface area (Å²) in [6, 6.07) is 14.9. The van der Waals surface area contributed by atoms with Crippen LogP contribution in [-0.4, -0.2) is 14.3 Å². The largest absolute Gasteiger partial charge is 0.319 e. The van der Waals surface area contributed by atoms with E-state index in [4.69, 9.17) is 0 Å². The molecule has 1 amide bonds. The number of hydrogen-bond donors (Lipinski definition) is 2. The first kappa shape index (κ1) is 17.1. The second-order valence-electron chi connectivity index (χ2n) is 5.05. The number of para-hydroxylation sites is 1. The molecule has 0 unspecified atom stereocenters. The van der Waals surface area contributed by atoms with Gasteiger partial charge in [-0.05, 0) is 47.8 Å². The maximum absolute atomic E-state index is 13.6. The molecule has 128 valence electrons. The summed E-state index contributed by atoms with van der Waals surface area (Å²) in [6.45, 7) is 0. The Labute approximate surface area is 148 Å². The molecule has 3 rings (SSSR count). The fourth-order valence-corrected chi connectivity index (χ4v) is 4.12. The van der Waals surface area contributed by atoms with E-state index in [2.05, 4.69) is 10.0 Å². The zero-order valence-electron chi connectivity index (χ0n) is 12.8. The number of benzene rings is 2. The average Bonchev–Trinajstić information content (AvgIpc) is 3.13. The third kappa shape index (κ3) is 4.04. The number of halogens is 1. The zero-order chi connectivity index (χ0) is 17.9. The summed E-state index contributed by atoms with van der Waals surface area (Å²) < 4.78 is 40.5. The Morgan fingerprint density at radius 3 is 2.32 bits per heavy atom. The Bertz CT molecular complexity index is 985. The van der Waals surface area contributed by atoms with Crippen LogP contribution in [0.2, 0.25) is 0 Å². The summed E-state index contributed by atoms with van der Waals surface area (Å²) in [5.41, 5.74) is 0.688. The van der Waals surface area contributed by atoms with Gasteiger partial charge in [-0.2, -0.15) is 0 Å². The fourth-order valence-electron chi connectivity index (χ4n) is 2.07. The van der Waals surface area contributed by atoms with Crippen LogP contribution in [0, 0.1) is 5.82 Å². The summed E-state index contributed by atoms with van der Waals surface area (Å²) in [7, 11) is -3.64. The van der Waals surface area contributed by atoms with Crippen molar-refractivity contribution >= 4 is 38.6 Å². The summed E-state index contributed by atoms with van der Waals surface area (Å²) in [4.78, 5) is 12.1. The number of carbonyl (C=O) groups excluding carboxylic acids is 1. The normalized spacial score (nSPS) is 11.1. The number of amides is 1. The highest BCUT2D eigenvalue weighted by molar-refractivity contribution is 7.94. The standard InChI is InChI=1S/C17H13FN2O3S2/c18-14-4-1-2-5-15(14)19-17(21)12-7-9-13(10-8-12)20-25(22,23)16-6-3-11-24-16/h1-11,20H,(H,19,21). The summed E-state index contributed by atoms with van der Waals surface area (Å²) in [6.07, 6.45) is 0. The van der Waals surface area contributed by atoms with Gasteiger partial charge in [0.1, 0.15) is 10.0 Å². The van der Waals surface area contributed by atoms with E-state index in [9.17, 15) is 17.6 Å². The molecule has 1 aromatic heterocycles. The number of nitrogens with one attached hydrogen (secondary N) is 2. The lowest BCUT2D eigenvalue weighted by Gasteiger charge is -2.08. The minimum atomic E-state index is -3.64. The molecular formula is C17H13FN2O3S2. The number of anilines is 2. The van der Waals surface area contributed by atoms with E-state index >= 15 is 0 Å². The van der Waals surface area contributed by atoms with Crippen molar-refractivity contribution in [2.24, 2.45) is 0 Å². The predicted molar refractivity (Wildman–Crippen MR) is 95.9 cm³/mol. The van der Waals surface area contributed by atoms with Crippen LogP contribution in [0.3, 0.4) is 0 Å². The van der Waals surface area contributed by atoms with Crippen molar-refractivity contribution in [1.82, 2.24) is 0 Å². The quantitative estimate of drug-likeness (QED) is 0.708. The molecule has 5 nitrogen and oxygen atoms in total. The highest BCUT2D eigenvalue weighted by Gasteiger charge is 2.15. The van der Waals surface area contributed by atoms with E-state index in [1.807, 2.05) is 0 Å². The molecule has 0 saturated heterocycles. The van der Waals surface area contributed by atoms with Crippen LogP contribution in [0.1, 0.15) is 10.4 Å². The Kier molecular flexibility index (Phi) is 4.82. The molecule has 3 aromatic rings. The number of hydrogen-bond acceptors (Lipinski definition) is 4. The van der Waals surface area contributed by atoms with Gasteiger partial charge >= 0.3 is 0 Å². The summed E-state index contributed by atoms with van der Waals surface area (Å²) in [5, 5.41) is 4.14. The molecule has 0 atom stereocenters. The van der Waals surface area contributed by atoms with E-state index in [-0.39, 0.29) is 15.5 Å². The first-order valence-electron chi connectivity index (χ1n) is 7.18. The smallest absolute Gasteiger partial charge is 0.271 e. The second kappa shape index (κ2) is 7.04. The minimum Gasteiger partial charge on any atom is -0.319 e. The Hall–Kier alpha value is -2.71. The molecule has 0 aliphatic heterocycles. The summed E-state index contributed by atoms with van der Waals surface area (Å²) >= 11 is 1.11. The first-order valence-corrected chi connectivity index (χ1v) is 9.54. The molecule has 25 heavy (non-hydrogen) atoms. The van der Waals surface area contributed by atoms with Gasteiger partial charge in [0.2, 0.25) is 0 Å². The Morgan fingerprint density at radius 1 is 0.960 bits per heavy atom. The SMILES string of the molecule is O=C(Nc1ccccc1F)c1ccc(NS(=O)(=O)c2cccs2)cc1. The van der Waals surface area contributed by atoms with Crippen molar-refractivity contribution in [1.29, 1.82) is 0 Å². The van der Waals surface area contributed by atoms with Gasteiger partial charge in [0.25, 0.3) is 15.9 Å². The fraction of sp³-hybridized carbons (Fsp3) is 0. The van der Waals surface area contributed by atoms with Crippen molar-refractivity contribution < 1.29 is 17.6 Å². The van der Waals surface area contributed by atoms with Crippen molar-refractivity contribution in [3.8, 4) is 0 Å². The van der Waals surface area contributed by atoms with Gasteiger partial charge in [0.15, 0.2) is 0 Å². The van der Waals surface area contributed by atoms with Crippen LogP contribution in [0.5, 0.6) is 0 Å². The van der Waals surface area contributed by atoms with Crippen LogP contribution >= 0.6 is 11.3 Å². The van der Waals surface area contributed by atoms with Crippen LogP contribution in [0.25, 0.3) is 0 Å². The topological polar surface area (TPSA) is 75.3 Å². The van der Waals surface area contributed by atoms with E-state index in [1.54, 1.807) is 17.5 Å². The molecule has 2 aromatic carbocycles. The average molecular weight is 376 g/mol. The highest BCUT2D eigenvalue weighted by atomic mass is 32.2. The lowest BCUT2D eigenvalue weighted by atomic mass is 10.2. The number of sulfonamides is 1. The van der Waals surface area contributed by atoms with Gasteiger partial charge in [0, 0.05) is 11.3 Å². The van der Waals surface area contributed by atoms with Crippen molar-refractivity contribution in [3.05, 3.63) is 77.4 Å².